The Kier molecular flexibility index (Phi) is 3.94. The molecule has 0 amide bonds. The van der Waals surface area contributed by atoms with Crippen molar-refractivity contribution in [3.63, 3.8) is 0 Å². The minimum absolute atomic E-state index is 0.313. The summed E-state index contributed by atoms with van der Waals surface area (Å²) in [5, 5.41) is 11.2. The SMILES string of the molecule is CCC(CC)c1nnc(Nc2ccc3c(c2)OCCO3)o1. The molecule has 6 nitrogen and oxygen atoms in total. The highest BCUT2D eigenvalue weighted by molar-refractivity contribution is 5.59. The van der Waals surface area contributed by atoms with Crippen LogP contribution in [-0.2, 0) is 0 Å². The predicted molar refractivity (Wildman–Crippen MR) is 78.3 cm³/mol. The van der Waals surface area contributed by atoms with Crippen LogP contribution in [-0.4, -0.2) is 23.4 Å². The molecule has 0 saturated heterocycles. The number of ether oxygens (including phenoxy) is 2. The van der Waals surface area contributed by atoms with Gasteiger partial charge >= 0.3 is 6.01 Å². The molecule has 2 heterocycles. The molecule has 1 aromatic carbocycles. The Balaban J connectivity index is 1.74. The van der Waals surface area contributed by atoms with Crippen molar-refractivity contribution in [2.24, 2.45) is 0 Å². The average Bonchev–Trinajstić information content (AvgIpc) is 2.97. The van der Waals surface area contributed by atoms with Gasteiger partial charge in [-0.25, -0.2) is 0 Å². The lowest BCUT2D eigenvalue weighted by molar-refractivity contribution is 0.171. The largest absolute Gasteiger partial charge is 0.486 e. The molecule has 0 saturated carbocycles. The van der Waals surface area contributed by atoms with E-state index in [9.17, 15) is 0 Å². The van der Waals surface area contributed by atoms with Gasteiger partial charge in [0, 0.05) is 17.7 Å². The molecular weight excluding hydrogens is 270 g/mol. The molecule has 112 valence electrons. The number of nitrogens with one attached hydrogen (secondary N) is 1. The van der Waals surface area contributed by atoms with Gasteiger partial charge in [-0.1, -0.05) is 18.9 Å². The summed E-state index contributed by atoms with van der Waals surface area (Å²) >= 11 is 0. The van der Waals surface area contributed by atoms with E-state index in [0.29, 0.717) is 31.0 Å². The van der Waals surface area contributed by atoms with E-state index in [1.807, 2.05) is 18.2 Å². The lowest BCUT2D eigenvalue weighted by atomic mass is 10.0. The van der Waals surface area contributed by atoms with Gasteiger partial charge in [0.15, 0.2) is 11.5 Å². The minimum atomic E-state index is 0.313. The fourth-order valence-corrected chi connectivity index (χ4v) is 2.33. The van der Waals surface area contributed by atoms with Crippen LogP contribution >= 0.6 is 0 Å². The molecule has 0 aliphatic carbocycles. The van der Waals surface area contributed by atoms with Gasteiger partial charge in [-0.15, -0.1) is 5.10 Å². The summed E-state index contributed by atoms with van der Waals surface area (Å²) in [7, 11) is 0. The second-order valence-electron chi connectivity index (χ2n) is 4.94. The fraction of sp³-hybridized carbons (Fsp3) is 0.467. The molecule has 1 aliphatic heterocycles. The van der Waals surface area contributed by atoms with Crippen molar-refractivity contribution in [1.82, 2.24) is 10.2 Å². The van der Waals surface area contributed by atoms with E-state index >= 15 is 0 Å². The van der Waals surface area contributed by atoms with E-state index in [1.165, 1.54) is 0 Å². The molecule has 0 unspecified atom stereocenters. The first kappa shape index (κ1) is 13.7. The van der Waals surface area contributed by atoms with E-state index in [2.05, 4.69) is 29.4 Å². The van der Waals surface area contributed by atoms with Crippen molar-refractivity contribution in [3.05, 3.63) is 24.1 Å². The molecule has 0 spiro atoms. The molecule has 6 heteroatoms. The first-order valence-electron chi connectivity index (χ1n) is 7.30. The van der Waals surface area contributed by atoms with Gasteiger partial charge in [-0.2, -0.15) is 0 Å². The Labute approximate surface area is 123 Å². The monoisotopic (exact) mass is 289 g/mol. The number of rotatable bonds is 5. The molecule has 0 bridgehead atoms. The highest BCUT2D eigenvalue weighted by atomic mass is 16.6. The fourth-order valence-electron chi connectivity index (χ4n) is 2.33. The van der Waals surface area contributed by atoms with Crippen LogP contribution in [0.3, 0.4) is 0 Å². The first-order valence-corrected chi connectivity index (χ1v) is 7.30. The number of benzene rings is 1. The standard InChI is InChI=1S/C15H19N3O3/c1-3-10(4-2)14-17-18-15(21-14)16-11-5-6-12-13(9-11)20-8-7-19-12/h5-6,9-10H,3-4,7-8H2,1-2H3,(H,16,18). The Morgan fingerprint density at radius 2 is 1.86 bits per heavy atom. The van der Waals surface area contributed by atoms with Gasteiger partial charge in [0.25, 0.3) is 0 Å². The summed E-state index contributed by atoms with van der Waals surface area (Å²) in [6.45, 7) is 5.39. The summed E-state index contributed by atoms with van der Waals surface area (Å²) in [6, 6.07) is 6.03. The number of aromatic nitrogens is 2. The van der Waals surface area contributed by atoms with Crippen LogP contribution in [0, 0.1) is 0 Å². The van der Waals surface area contributed by atoms with E-state index < -0.39 is 0 Å². The highest BCUT2D eigenvalue weighted by Crippen LogP contribution is 2.33. The van der Waals surface area contributed by atoms with Crippen LogP contribution in [0.25, 0.3) is 0 Å². The zero-order valence-corrected chi connectivity index (χ0v) is 12.3. The van der Waals surface area contributed by atoms with Gasteiger partial charge in [-0.3, -0.25) is 0 Å². The van der Waals surface area contributed by atoms with Crippen LogP contribution in [0.4, 0.5) is 11.7 Å². The molecule has 1 N–H and O–H groups in total. The zero-order chi connectivity index (χ0) is 14.7. The number of hydrogen-bond acceptors (Lipinski definition) is 6. The topological polar surface area (TPSA) is 69.4 Å². The Bertz CT molecular complexity index is 608. The molecule has 1 aliphatic rings. The van der Waals surface area contributed by atoms with Crippen LogP contribution in [0.1, 0.15) is 38.5 Å². The van der Waals surface area contributed by atoms with Gasteiger partial charge in [0.2, 0.25) is 5.89 Å². The second kappa shape index (κ2) is 6.03. The lowest BCUT2D eigenvalue weighted by Crippen LogP contribution is -2.15. The van der Waals surface area contributed by atoms with Crippen molar-refractivity contribution < 1.29 is 13.9 Å². The smallest absolute Gasteiger partial charge is 0.320 e. The molecule has 0 atom stereocenters. The summed E-state index contributed by atoms with van der Waals surface area (Å²) in [5.41, 5.74) is 0.832. The van der Waals surface area contributed by atoms with Crippen molar-refractivity contribution >= 4 is 11.7 Å². The summed E-state index contributed by atoms with van der Waals surface area (Å²) < 4.78 is 16.7. The van der Waals surface area contributed by atoms with Gasteiger partial charge in [0.1, 0.15) is 13.2 Å². The van der Waals surface area contributed by atoms with E-state index in [0.717, 1.165) is 30.0 Å². The molecule has 3 rings (SSSR count). The maximum Gasteiger partial charge on any atom is 0.320 e. The Morgan fingerprint density at radius 3 is 2.62 bits per heavy atom. The third-order valence-electron chi connectivity index (χ3n) is 3.57. The number of anilines is 2. The zero-order valence-electron chi connectivity index (χ0n) is 12.3. The first-order chi connectivity index (χ1) is 10.3. The van der Waals surface area contributed by atoms with E-state index in [1.54, 1.807) is 0 Å². The molecule has 0 radical (unpaired) electrons. The van der Waals surface area contributed by atoms with Gasteiger partial charge in [0.05, 0.1) is 0 Å². The summed E-state index contributed by atoms with van der Waals surface area (Å²) in [6.07, 6.45) is 1.98. The van der Waals surface area contributed by atoms with Crippen molar-refractivity contribution in [3.8, 4) is 11.5 Å². The maximum atomic E-state index is 5.67. The Morgan fingerprint density at radius 1 is 1.10 bits per heavy atom. The average molecular weight is 289 g/mol. The van der Waals surface area contributed by atoms with Crippen molar-refractivity contribution in [2.45, 2.75) is 32.6 Å². The van der Waals surface area contributed by atoms with Crippen LogP contribution in [0.5, 0.6) is 11.5 Å². The molecule has 21 heavy (non-hydrogen) atoms. The number of nitrogens with zero attached hydrogens (tertiary/aromatic N) is 2. The van der Waals surface area contributed by atoms with Crippen LogP contribution in [0.15, 0.2) is 22.6 Å². The van der Waals surface area contributed by atoms with Gasteiger partial charge in [-0.05, 0) is 25.0 Å². The van der Waals surface area contributed by atoms with Gasteiger partial charge < -0.3 is 19.2 Å². The number of fused-ring (bicyclic) bond motifs is 1. The van der Waals surface area contributed by atoms with Crippen molar-refractivity contribution in [2.75, 3.05) is 18.5 Å². The van der Waals surface area contributed by atoms with Crippen LogP contribution in [0.2, 0.25) is 0 Å². The lowest BCUT2D eigenvalue weighted by Gasteiger charge is -2.18. The maximum absolute atomic E-state index is 5.67. The molecular formula is C15H19N3O3. The highest BCUT2D eigenvalue weighted by Gasteiger charge is 2.16. The normalized spacial score (nSPS) is 13.5. The molecule has 2 aromatic rings. The third kappa shape index (κ3) is 2.94. The minimum Gasteiger partial charge on any atom is -0.486 e. The third-order valence-corrected chi connectivity index (χ3v) is 3.57. The van der Waals surface area contributed by atoms with E-state index in [4.69, 9.17) is 13.9 Å². The molecule has 1 aromatic heterocycles. The second-order valence-corrected chi connectivity index (χ2v) is 4.94. The van der Waals surface area contributed by atoms with Crippen LogP contribution < -0.4 is 14.8 Å². The summed E-state index contributed by atoms with van der Waals surface area (Å²) in [4.78, 5) is 0. The predicted octanol–water partition coefficient (Wildman–Crippen LogP) is 3.49. The molecule has 0 fully saturated rings. The summed E-state index contributed by atoms with van der Waals surface area (Å²) in [5.74, 6) is 2.48. The van der Waals surface area contributed by atoms with Crippen molar-refractivity contribution in [1.29, 1.82) is 0 Å². The number of hydrogen-bond donors (Lipinski definition) is 1. The van der Waals surface area contributed by atoms with E-state index in [-0.39, 0.29) is 0 Å². The Hall–Kier alpha value is -2.24. The quantitative estimate of drug-likeness (QED) is 0.908.